The third-order valence-corrected chi connectivity index (χ3v) is 1.53. The number of nitrogens with one attached hydrogen (secondary N) is 1. The zero-order chi connectivity index (χ0) is 10.4. The van der Waals surface area contributed by atoms with E-state index in [4.69, 9.17) is 0 Å². The minimum Gasteiger partial charge on any atom is -0.278 e. The Morgan fingerprint density at radius 1 is 1.31 bits per heavy atom. The van der Waals surface area contributed by atoms with E-state index < -0.39 is 0 Å². The summed E-state index contributed by atoms with van der Waals surface area (Å²) in [5.41, 5.74) is 4.03. The normalized spacial score (nSPS) is 8.62. The largest absolute Gasteiger partial charge is 0.278 e. The van der Waals surface area contributed by atoms with E-state index >= 15 is 0 Å². The quantitative estimate of drug-likeness (QED) is 0.737. The second-order valence-electron chi connectivity index (χ2n) is 2.72. The van der Waals surface area contributed by atoms with Crippen molar-refractivity contribution in [3.05, 3.63) is 30.6 Å². The van der Waals surface area contributed by atoms with Gasteiger partial charge in [0.25, 0.3) is 0 Å². The van der Waals surface area contributed by atoms with Crippen molar-refractivity contribution in [3.8, 4) is 0 Å². The number of aromatic nitrogens is 2. The Balaban J connectivity index is 0. The number of H-pyrrole nitrogens is 1. The predicted molar refractivity (Wildman–Crippen MR) is 61.5 cm³/mol. The van der Waals surface area contributed by atoms with Crippen molar-refractivity contribution in [2.24, 2.45) is 0 Å². The molecule has 1 aromatic heterocycles. The lowest BCUT2D eigenvalue weighted by Crippen LogP contribution is -1.83. The summed E-state index contributed by atoms with van der Waals surface area (Å²) in [6.45, 7) is 15.6. The van der Waals surface area contributed by atoms with Crippen LogP contribution in [0.3, 0.4) is 0 Å². The van der Waals surface area contributed by atoms with Gasteiger partial charge in [0, 0.05) is 6.99 Å². The van der Waals surface area contributed by atoms with E-state index in [1.807, 2.05) is 27.7 Å². The molecule has 0 saturated heterocycles. The fourth-order valence-electron chi connectivity index (χ4n) is 0.935. The first-order chi connectivity index (χ1) is 6.13. The fraction of sp³-hybridized carbons (Fsp3) is 0.364. The Kier molecular flexibility index (Phi) is 4.82. The molecule has 0 saturated carbocycles. The van der Waals surface area contributed by atoms with Crippen LogP contribution < -0.4 is 0 Å². The minimum absolute atomic E-state index is 0. The zero-order valence-corrected chi connectivity index (χ0v) is 8.94. The second kappa shape index (κ2) is 5.36. The number of nitrogens with zero attached hydrogens (tertiary/aromatic N) is 1. The lowest BCUT2D eigenvalue weighted by molar-refractivity contribution is 1.07. The Morgan fingerprint density at radius 2 is 1.85 bits per heavy atom. The molecule has 0 bridgehead atoms. The Bertz CT molecular complexity index is 271. The maximum absolute atomic E-state index is 3.92. The van der Waals surface area contributed by atoms with Crippen LogP contribution in [0, 0.1) is 0 Å². The van der Waals surface area contributed by atoms with Gasteiger partial charge in [-0.2, -0.15) is 5.10 Å². The number of hydrogen-bond acceptors (Lipinski definition) is 1. The van der Waals surface area contributed by atoms with E-state index in [-0.39, 0.29) is 1.43 Å². The fourth-order valence-corrected chi connectivity index (χ4v) is 0.935. The van der Waals surface area contributed by atoms with Crippen molar-refractivity contribution in [1.82, 2.24) is 10.2 Å². The van der Waals surface area contributed by atoms with Crippen LogP contribution in [-0.4, -0.2) is 10.2 Å². The van der Waals surface area contributed by atoms with Gasteiger partial charge in [0.1, 0.15) is 0 Å². The van der Waals surface area contributed by atoms with Crippen LogP contribution in [0.1, 0.15) is 40.4 Å². The Labute approximate surface area is 81.9 Å². The van der Waals surface area contributed by atoms with Gasteiger partial charge in [0.15, 0.2) is 0 Å². The molecule has 2 nitrogen and oxygen atoms in total. The molecule has 0 aromatic carbocycles. The van der Waals surface area contributed by atoms with Gasteiger partial charge in [-0.25, -0.2) is 0 Å². The summed E-state index contributed by atoms with van der Waals surface area (Å²) >= 11 is 0. The molecule has 0 spiro atoms. The Morgan fingerprint density at radius 3 is 2.15 bits per heavy atom. The number of hydrogen-bond donors (Lipinski definition) is 1. The monoisotopic (exact) mass is 180 g/mol. The van der Waals surface area contributed by atoms with Crippen LogP contribution in [-0.2, 0) is 0 Å². The van der Waals surface area contributed by atoms with Crippen LogP contribution in [0.15, 0.2) is 19.4 Å². The average Bonchev–Trinajstić information content (AvgIpc) is 2.55. The molecular weight excluding hydrogens is 160 g/mol. The van der Waals surface area contributed by atoms with E-state index in [1.165, 1.54) is 0 Å². The summed E-state index contributed by atoms with van der Waals surface area (Å²) in [6, 6.07) is 0. The van der Waals surface area contributed by atoms with Gasteiger partial charge >= 0.3 is 0 Å². The van der Waals surface area contributed by atoms with Crippen molar-refractivity contribution in [2.45, 2.75) is 27.7 Å². The number of rotatable bonds is 2. The molecule has 13 heavy (non-hydrogen) atoms. The molecule has 1 rings (SSSR count). The molecule has 2 heteroatoms. The molecule has 0 aliphatic rings. The van der Waals surface area contributed by atoms with E-state index in [9.17, 15) is 0 Å². The van der Waals surface area contributed by atoms with E-state index in [1.54, 1.807) is 6.20 Å². The van der Waals surface area contributed by atoms with Gasteiger partial charge in [0.05, 0.1) is 11.9 Å². The first-order valence-electron chi connectivity index (χ1n) is 4.48. The summed E-state index contributed by atoms with van der Waals surface area (Å²) in [5, 5.41) is 6.79. The highest BCUT2D eigenvalue weighted by atomic mass is 15.1. The molecule has 1 heterocycles. The number of aromatic amines is 1. The maximum Gasteiger partial charge on any atom is 0.0675 e. The number of allylic oxidation sites excluding steroid dienone is 2. The third-order valence-electron chi connectivity index (χ3n) is 1.53. The van der Waals surface area contributed by atoms with E-state index in [2.05, 4.69) is 23.4 Å². The smallest absolute Gasteiger partial charge is 0.0675 e. The van der Waals surface area contributed by atoms with Crippen LogP contribution >= 0.6 is 0 Å². The van der Waals surface area contributed by atoms with Crippen LogP contribution in [0.4, 0.5) is 0 Å². The highest BCUT2D eigenvalue weighted by Gasteiger charge is 2.04. The minimum atomic E-state index is 0. The van der Waals surface area contributed by atoms with Gasteiger partial charge < -0.3 is 0 Å². The van der Waals surface area contributed by atoms with Crippen molar-refractivity contribution in [2.75, 3.05) is 0 Å². The molecule has 1 aromatic rings. The summed E-state index contributed by atoms with van der Waals surface area (Å²) in [5.74, 6) is 0. The van der Waals surface area contributed by atoms with Crippen molar-refractivity contribution < 1.29 is 1.43 Å². The van der Waals surface area contributed by atoms with Crippen molar-refractivity contribution in [3.63, 3.8) is 0 Å². The Hall–Kier alpha value is -1.31. The summed E-state index contributed by atoms with van der Waals surface area (Å²) < 4.78 is 0. The van der Waals surface area contributed by atoms with Crippen molar-refractivity contribution in [1.29, 1.82) is 0 Å². The molecule has 0 radical (unpaired) electrons. The molecule has 1 N–H and O–H groups in total. The van der Waals surface area contributed by atoms with Gasteiger partial charge in [-0.15, -0.1) is 0 Å². The SMILES string of the molecule is C=C(C)c1cn[nH]c1C(=C)C.CC.[HH]. The predicted octanol–water partition coefficient (Wildman–Crippen LogP) is 3.75. The van der Waals surface area contributed by atoms with Gasteiger partial charge in [-0.3, -0.25) is 5.10 Å². The van der Waals surface area contributed by atoms with Crippen LogP contribution in [0.5, 0.6) is 0 Å². The standard InChI is InChI=1S/C9H12N2.C2H6.H2/c1-6(2)8-5-10-11-9(8)7(3)4;1-2;/h5H,1,3H2,2,4H3,(H,10,11);1-2H3;1H. The highest BCUT2D eigenvalue weighted by molar-refractivity contribution is 5.73. The lowest BCUT2D eigenvalue weighted by Gasteiger charge is -1.99. The molecule has 74 valence electrons. The zero-order valence-electron chi connectivity index (χ0n) is 8.94. The molecular formula is C11H20N2. The van der Waals surface area contributed by atoms with E-state index in [0.29, 0.717) is 0 Å². The van der Waals surface area contributed by atoms with Gasteiger partial charge in [0.2, 0.25) is 0 Å². The van der Waals surface area contributed by atoms with E-state index in [0.717, 1.165) is 22.4 Å². The lowest BCUT2D eigenvalue weighted by atomic mass is 10.1. The third kappa shape index (κ3) is 2.90. The molecule has 0 aliphatic heterocycles. The molecule has 0 fully saturated rings. The second-order valence-corrected chi connectivity index (χ2v) is 2.72. The molecule has 0 aliphatic carbocycles. The highest BCUT2D eigenvalue weighted by Crippen LogP contribution is 2.19. The topological polar surface area (TPSA) is 28.7 Å². The van der Waals surface area contributed by atoms with Crippen LogP contribution in [0.25, 0.3) is 11.1 Å². The molecule has 0 unspecified atom stereocenters. The maximum atomic E-state index is 3.92. The summed E-state index contributed by atoms with van der Waals surface area (Å²) in [4.78, 5) is 0. The van der Waals surface area contributed by atoms with Crippen LogP contribution in [0.2, 0.25) is 0 Å². The molecule has 0 atom stereocenters. The summed E-state index contributed by atoms with van der Waals surface area (Å²) in [6.07, 6.45) is 1.77. The average molecular weight is 180 g/mol. The van der Waals surface area contributed by atoms with Gasteiger partial charge in [-0.1, -0.05) is 27.0 Å². The van der Waals surface area contributed by atoms with Crippen molar-refractivity contribution >= 4 is 11.1 Å². The van der Waals surface area contributed by atoms with Gasteiger partial charge in [-0.05, 0) is 25.0 Å². The summed E-state index contributed by atoms with van der Waals surface area (Å²) in [7, 11) is 0. The molecule has 0 amide bonds. The first-order valence-corrected chi connectivity index (χ1v) is 4.48. The first kappa shape index (κ1) is 11.7.